The summed E-state index contributed by atoms with van der Waals surface area (Å²) in [5.74, 6) is 0.495. The number of halogens is 3. The Morgan fingerprint density at radius 1 is 1.05 bits per heavy atom. The number of nitrogens with zero attached hydrogens (tertiary/aromatic N) is 2. The third-order valence-electron chi connectivity index (χ3n) is 2.70. The molecule has 96 valence electrons. The maximum absolute atomic E-state index is 6.22. The van der Waals surface area contributed by atoms with Crippen molar-refractivity contribution in [3.63, 3.8) is 0 Å². The largest absolute Gasteiger partial charge is 0.228 e. The van der Waals surface area contributed by atoms with Crippen molar-refractivity contribution < 1.29 is 0 Å². The first-order valence-electron chi connectivity index (χ1n) is 5.44. The number of hydrogen-bond acceptors (Lipinski definition) is 3. The highest BCUT2D eigenvalue weighted by Crippen LogP contribution is 2.37. The van der Waals surface area contributed by atoms with E-state index in [0.29, 0.717) is 25.2 Å². The summed E-state index contributed by atoms with van der Waals surface area (Å²) in [5, 5.41) is 1.25. The average Bonchev–Trinajstić information content (AvgIpc) is 2.69. The highest BCUT2D eigenvalue weighted by molar-refractivity contribution is 7.20. The van der Waals surface area contributed by atoms with Gasteiger partial charge in [-0.1, -0.05) is 46.4 Å². The van der Waals surface area contributed by atoms with Gasteiger partial charge in [-0.05, 0) is 25.1 Å². The zero-order valence-electron chi connectivity index (χ0n) is 9.75. The summed E-state index contributed by atoms with van der Waals surface area (Å²) in [6.07, 6.45) is 0. The van der Waals surface area contributed by atoms with E-state index in [1.165, 1.54) is 11.3 Å². The van der Waals surface area contributed by atoms with Crippen LogP contribution in [0.15, 0.2) is 24.3 Å². The fourth-order valence-corrected chi connectivity index (χ4v) is 3.51. The van der Waals surface area contributed by atoms with Crippen molar-refractivity contribution in [1.82, 2.24) is 9.97 Å². The van der Waals surface area contributed by atoms with Crippen molar-refractivity contribution >= 4 is 57.0 Å². The zero-order valence-corrected chi connectivity index (χ0v) is 12.8. The molecule has 0 aliphatic carbocycles. The summed E-state index contributed by atoms with van der Waals surface area (Å²) in [7, 11) is 0. The molecular weight excluding hydrogens is 323 g/mol. The molecular formula is C13H7Cl3N2S. The van der Waals surface area contributed by atoms with Crippen LogP contribution in [-0.4, -0.2) is 9.97 Å². The molecule has 2 nitrogen and oxygen atoms in total. The first-order valence-corrected chi connectivity index (χ1v) is 7.39. The van der Waals surface area contributed by atoms with Crippen LogP contribution in [0.5, 0.6) is 0 Å². The first-order chi connectivity index (χ1) is 9.04. The SMILES string of the molecule is Cc1ccc2nc(-c3cc(Cl)sc3Cl)nc(Cl)c2c1. The molecule has 2 heterocycles. The molecule has 0 saturated heterocycles. The molecule has 19 heavy (non-hydrogen) atoms. The Labute approximate surface area is 129 Å². The molecule has 6 heteroatoms. The smallest absolute Gasteiger partial charge is 0.163 e. The van der Waals surface area contributed by atoms with Gasteiger partial charge in [-0.15, -0.1) is 11.3 Å². The molecule has 0 fully saturated rings. The first kappa shape index (κ1) is 13.1. The molecule has 0 spiro atoms. The Hall–Kier alpha value is -0.870. The van der Waals surface area contributed by atoms with Crippen molar-refractivity contribution in [3.8, 4) is 11.4 Å². The number of aryl methyl sites for hydroxylation is 1. The van der Waals surface area contributed by atoms with Crippen LogP contribution in [-0.2, 0) is 0 Å². The minimum Gasteiger partial charge on any atom is -0.228 e. The fraction of sp³-hybridized carbons (Fsp3) is 0.0769. The van der Waals surface area contributed by atoms with Gasteiger partial charge in [0.2, 0.25) is 0 Å². The molecule has 0 aliphatic rings. The third-order valence-corrected chi connectivity index (χ3v) is 4.48. The van der Waals surface area contributed by atoms with Gasteiger partial charge in [0, 0.05) is 5.39 Å². The van der Waals surface area contributed by atoms with E-state index in [-0.39, 0.29) is 0 Å². The summed E-state index contributed by atoms with van der Waals surface area (Å²) < 4.78 is 1.16. The number of rotatable bonds is 1. The van der Waals surface area contributed by atoms with Gasteiger partial charge in [-0.2, -0.15) is 0 Å². The van der Waals surface area contributed by atoms with Gasteiger partial charge in [0.05, 0.1) is 15.4 Å². The van der Waals surface area contributed by atoms with Crippen molar-refractivity contribution in [2.75, 3.05) is 0 Å². The second-order valence-corrected chi connectivity index (χ2v) is 6.74. The predicted octanol–water partition coefficient (Wildman–Crippen LogP) is 5.63. The van der Waals surface area contributed by atoms with Crippen molar-refractivity contribution in [3.05, 3.63) is 43.7 Å². The number of benzene rings is 1. The number of hydrogen-bond donors (Lipinski definition) is 0. The Morgan fingerprint density at radius 2 is 1.84 bits per heavy atom. The molecule has 3 aromatic rings. The van der Waals surface area contributed by atoms with Crippen LogP contribution in [0, 0.1) is 6.92 Å². The van der Waals surface area contributed by atoms with Crippen LogP contribution in [0.2, 0.25) is 13.8 Å². The minimum atomic E-state index is 0.419. The monoisotopic (exact) mass is 328 g/mol. The van der Waals surface area contributed by atoms with Crippen LogP contribution < -0.4 is 0 Å². The molecule has 0 bridgehead atoms. The zero-order chi connectivity index (χ0) is 13.6. The molecule has 0 atom stereocenters. The second-order valence-electron chi connectivity index (χ2n) is 4.10. The van der Waals surface area contributed by atoms with E-state index in [2.05, 4.69) is 9.97 Å². The fourth-order valence-electron chi connectivity index (χ4n) is 1.82. The highest BCUT2D eigenvalue weighted by atomic mass is 35.5. The van der Waals surface area contributed by atoms with E-state index < -0.39 is 0 Å². The molecule has 1 aromatic carbocycles. The van der Waals surface area contributed by atoms with Gasteiger partial charge in [-0.25, -0.2) is 9.97 Å². The highest BCUT2D eigenvalue weighted by Gasteiger charge is 2.13. The number of thiophene rings is 1. The number of fused-ring (bicyclic) bond motifs is 1. The lowest BCUT2D eigenvalue weighted by Gasteiger charge is -2.04. The molecule has 3 rings (SSSR count). The maximum Gasteiger partial charge on any atom is 0.163 e. The molecule has 0 N–H and O–H groups in total. The summed E-state index contributed by atoms with van der Waals surface area (Å²) in [5.41, 5.74) is 2.61. The van der Waals surface area contributed by atoms with Crippen LogP contribution in [0.25, 0.3) is 22.3 Å². The van der Waals surface area contributed by atoms with Gasteiger partial charge in [-0.3, -0.25) is 0 Å². The van der Waals surface area contributed by atoms with Gasteiger partial charge in [0.1, 0.15) is 9.49 Å². The summed E-state index contributed by atoms with van der Waals surface area (Å²) in [6, 6.07) is 7.62. The van der Waals surface area contributed by atoms with Gasteiger partial charge in [0.25, 0.3) is 0 Å². The van der Waals surface area contributed by atoms with Crippen molar-refractivity contribution in [2.24, 2.45) is 0 Å². The van der Waals surface area contributed by atoms with Gasteiger partial charge < -0.3 is 0 Å². The molecule has 0 amide bonds. The molecule has 0 radical (unpaired) electrons. The van der Waals surface area contributed by atoms with Crippen molar-refractivity contribution in [2.45, 2.75) is 6.92 Å². The Balaban J connectivity index is 2.26. The maximum atomic E-state index is 6.22. The normalized spacial score (nSPS) is 11.2. The second kappa shape index (κ2) is 4.91. The minimum absolute atomic E-state index is 0.419. The lowest BCUT2D eigenvalue weighted by molar-refractivity contribution is 1.23. The lowest BCUT2D eigenvalue weighted by atomic mass is 10.1. The average molecular weight is 330 g/mol. The van der Waals surface area contributed by atoms with Crippen LogP contribution in [0.3, 0.4) is 0 Å². The Morgan fingerprint density at radius 3 is 2.53 bits per heavy atom. The standard InChI is InChI=1S/C13H7Cl3N2S/c1-6-2-3-9-7(4-6)11(15)18-13(17-9)8-5-10(14)19-12(8)16/h2-5H,1H3. The van der Waals surface area contributed by atoms with E-state index in [0.717, 1.165) is 16.5 Å². The molecule has 0 unspecified atom stereocenters. The van der Waals surface area contributed by atoms with E-state index >= 15 is 0 Å². The van der Waals surface area contributed by atoms with E-state index in [4.69, 9.17) is 34.8 Å². The lowest BCUT2D eigenvalue weighted by Crippen LogP contribution is -1.91. The topological polar surface area (TPSA) is 25.8 Å². The predicted molar refractivity (Wildman–Crippen MR) is 82.6 cm³/mol. The quantitative estimate of drug-likeness (QED) is 0.541. The van der Waals surface area contributed by atoms with E-state index in [1.807, 2.05) is 25.1 Å². The summed E-state index contributed by atoms with van der Waals surface area (Å²) in [4.78, 5) is 8.79. The Kier molecular flexibility index (Phi) is 3.39. The summed E-state index contributed by atoms with van der Waals surface area (Å²) in [6.45, 7) is 2.00. The molecule has 2 aromatic heterocycles. The van der Waals surface area contributed by atoms with E-state index in [9.17, 15) is 0 Å². The summed E-state index contributed by atoms with van der Waals surface area (Å²) >= 11 is 19.6. The molecule has 0 aliphatic heterocycles. The van der Waals surface area contributed by atoms with Crippen LogP contribution in [0.1, 0.15) is 5.56 Å². The van der Waals surface area contributed by atoms with Crippen molar-refractivity contribution in [1.29, 1.82) is 0 Å². The van der Waals surface area contributed by atoms with Crippen LogP contribution >= 0.6 is 46.1 Å². The van der Waals surface area contributed by atoms with Gasteiger partial charge >= 0.3 is 0 Å². The molecule has 0 saturated carbocycles. The van der Waals surface area contributed by atoms with E-state index in [1.54, 1.807) is 6.07 Å². The van der Waals surface area contributed by atoms with Crippen LogP contribution in [0.4, 0.5) is 0 Å². The number of aromatic nitrogens is 2. The Bertz CT molecular complexity index is 783. The third kappa shape index (κ3) is 2.43. The van der Waals surface area contributed by atoms with Gasteiger partial charge in [0.15, 0.2) is 5.82 Å².